The molecule has 0 bridgehead atoms. The molecule has 0 aliphatic carbocycles. The summed E-state index contributed by atoms with van der Waals surface area (Å²) in [6.07, 6.45) is 8.85. The molecule has 0 N–H and O–H groups in total. The smallest absolute Gasteiger partial charge is 0.509 e. The maximum Gasteiger partial charge on any atom is 2.00 e. The van der Waals surface area contributed by atoms with Crippen LogP contribution in [0.1, 0.15) is 62.8 Å². The number of hydrogen-bond acceptors (Lipinski definition) is 3. The van der Waals surface area contributed by atoms with Gasteiger partial charge >= 0.3 is 21.1 Å². The van der Waals surface area contributed by atoms with Crippen LogP contribution in [0.5, 0.6) is 11.5 Å². The molecule has 7 rings (SSSR count). The molecule has 0 saturated carbocycles. The van der Waals surface area contributed by atoms with Crippen LogP contribution in [0.3, 0.4) is 0 Å². The Bertz CT molecular complexity index is 2170. The van der Waals surface area contributed by atoms with Crippen molar-refractivity contribution in [2.45, 2.75) is 59.8 Å². The van der Waals surface area contributed by atoms with Crippen LogP contribution in [-0.2, 0) is 40.3 Å². The summed E-state index contributed by atoms with van der Waals surface area (Å²) in [4.78, 5) is 4.75. The summed E-state index contributed by atoms with van der Waals surface area (Å²) in [6, 6.07) is 34.7. The van der Waals surface area contributed by atoms with E-state index in [2.05, 4.69) is 130 Å². The fourth-order valence-corrected chi connectivity index (χ4v) is 6.35. The normalized spacial score (nSPS) is 11.4. The zero-order valence-corrected chi connectivity index (χ0v) is 29.7. The number of aryl methyl sites for hydroxylation is 3. The van der Waals surface area contributed by atoms with Gasteiger partial charge in [0.15, 0.2) is 0 Å². The summed E-state index contributed by atoms with van der Waals surface area (Å²) in [7, 11) is 0. The van der Waals surface area contributed by atoms with Crippen LogP contribution in [-0.4, -0.2) is 19.3 Å². The first kappa shape index (κ1) is 32.5. The van der Waals surface area contributed by atoms with Gasteiger partial charge in [0, 0.05) is 35.0 Å². The number of hydrogen-bond donors (Lipinski definition) is 0. The third-order valence-corrected chi connectivity index (χ3v) is 8.86. The van der Waals surface area contributed by atoms with Gasteiger partial charge in [-0.15, -0.1) is 41.3 Å². The summed E-state index contributed by atoms with van der Waals surface area (Å²) in [6.45, 7) is 11.0. The van der Waals surface area contributed by atoms with Gasteiger partial charge in [-0.1, -0.05) is 76.5 Å². The van der Waals surface area contributed by atoms with Gasteiger partial charge in [0.25, 0.3) is 0 Å². The van der Waals surface area contributed by atoms with E-state index in [1.807, 2.05) is 23.1 Å². The SMILES string of the molecule is CCc1ccnc(-n2c3[c-]c(Oc4[c-]c(-n5cc(-c6c(CC)cccc6CC)cn5)cc(C(C)C)c4)ccc3c3ccccc32)c1.[Pt+2]. The van der Waals surface area contributed by atoms with Gasteiger partial charge in [0.05, 0.1) is 6.20 Å². The van der Waals surface area contributed by atoms with E-state index in [0.717, 1.165) is 63.7 Å². The molecule has 0 aliphatic rings. The second kappa shape index (κ2) is 13.7. The van der Waals surface area contributed by atoms with E-state index < -0.39 is 0 Å². The van der Waals surface area contributed by atoms with Crippen molar-refractivity contribution in [3.63, 3.8) is 0 Å². The van der Waals surface area contributed by atoms with Crippen molar-refractivity contribution in [3.8, 4) is 34.1 Å². The Hall–Kier alpha value is -4.47. The average Bonchev–Trinajstić information content (AvgIpc) is 3.71. The van der Waals surface area contributed by atoms with E-state index in [1.165, 1.54) is 22.3 Å². The molecule has 0 aliphatic heterocycles. The third-order valence-electron chi connectivity index (χ3n) is 8.86. The Morgan fingerprint density at radius 2 is 1.57 bits per heavy atom. The molecule has 4 aromatic carbocycles. The Balaban J connectivity index is 0.00000386. The molecule has 6 heteroatoms. The van der Waals surface area contributed by atoms with E-state index in [1.54, 1.807) is 0 Å². The zero-order valence-electron chi connectivity index (χ0n) is 27.4. The quantitative estimate of drug-likeness (QED) is 0.137. The average molecular weight is 798 g/mol. The maximum atomic E-state index is 6.55. The van der Waals surface area contributed by atoms with Crippen LogP contribution in [0.4, 0.5) is 0 Å². The second-order valence-electron chi connectivity index (χ2n) is 12.1. The first-order chi connectivity index (χ1) is 22.5. The van der Waals surface area contributed by atoms with Crippen molar-refractivity contribution in [1.82, 2.24) is 19.3 Å². The van der Waals surface area contributed by atoms with E-state index >= 15 is 0 Å². The van der Waals surface area contributed by atoms with Crippen molar-refractivity contribution >= 4 is 21.8 Å². The Morgan fingerprint density at radius 3 is 2.32 bits per heavy atom. The predicted octanol–water partition coefficient (Wildman–Crippen LogP) is 10.2. The van der Waals surface area contributed by atoms with Crippen molar-refractivity contribution < 1.29 is 25.8 Å². The largest absolute Gasteiger partial charge is 2.00 e. The number of para-hydroxylation sites is 1. The molecule has 0 amide bonds. The van der Waals surface area contributed by atoms with Crippen LogP contribution >= 0.6 is 0 Å². The van der Waals surface area contributed by atoms with Gasteiger partial charge in [-0.3, -0.25) is 4.68 Å². The molecule has 0 fully saturated rings. The molecule has 0 atom stereocenters. The minimum absolute atomic E-state index is 0. The van der Waals surface area contributed by atoms with Gasteiger partial charge < -0.3 is 9.30 Å². The fraction of sp³-hybridized carbons (Fsp3) is 0.220. The molecule has 0 spiro atoms. The molecular weight excluding hydrogens is 760 g/mol. The first-order valence-electron chi connectivity index (χ1n) is 16.3. The Kier molecular flexibility index (Phi) is 9.47. The van der Waals surface area contributed by atoms with Crippen LogP contribution in [0.15, 0.2) is 97.5 Å². The number of pyridine rings is 1. The summed E-state index contributed by atoms with van der Waals surface area (Å²) in [5.41, 5.74) is 10.3. The monoisotopic (exact) mass is 797 g/mol. The summed E-state index contributed by atoms with van der Waals surface area (Å²) >= 11 is 0. The number of aromatic nitrogens is 4. The van der Waals surface area contributed by atoms with Crippen LogP contribution < -0.4 is 4.74 Å². The molecule has 3 aromatic heterocycles. The molecular formula is C41H38N4OPt. The number of rotatable bonds is 9. The van der Waals surface area contributed by atoms with Crippen molar-refractivity contribution in [2.75, 3.05) is 0 Å². The van der Waals surface area contributed by atoms with Gasteiger partial charge in [-0.2, -0.15) is 11.2 Å². The van der Waals surface area contributed by atoms with E-state index in [4.69, 9.17) is 14.8 Å². The zero-order chi connectivity index (χ0) is 31.8. The standard InChI is InChI=1S/C41H38N4O.Pt/c1-6-28-18-19-42-40(20-28)45-38-15-10-9-14-36(38)37-17-16-34(24-39(37)45)46-35-22-31(27(4)5)21-33(23-35)44-26-32(25-43-44)41-29(7-2)12-11-13-30(41)8-3;/h9-22,25-27H,6-8H2,1-5H3;/q-2;+2. The molecule has 238 valence electrons. The van der Waals surface area contributed by atoms with E-state index in [9.17, 15) is 0 Å². The van der Waals surface area contributed by atoms with E-state index in [-0.39, 0.29) is 21.1 Å². The topological polar surface area (TPSA) is 44.9 Å². The molecule has 3 heterocycles. The third kappa shape index (κ3) is 6.17. The van der Waals surface area contributed by atoms with Crippen molar-refractivity contribution in [3.05, 3.63) is 132 Å². The van der Waals surface area contributed by atoms with Gasteiger partial charge in [-0.05, 0) is 76.7 Å². The number of nitrogens with zero attached hydrogens (tertiary/aromatic N) is 4. The van der Waals surface area contributed by atoms with E-state index in [0.29, 0.717) is 17.4 Å². The molecule has 0 saturated heterocycles. The maximum absolute atomic E-state index is 6.55. The minimum atomic E-state index is 0. The Labute approximate surface area is 291 Å². The second-order valence-corrected chi connectivity index (χ2v) is 12.1. The molecule has 47 heavy (non-hydrogen) atoms. The minimum Gasteiger partial charge on any atom is -0.509 e. The Morgan fingerprint density at radius 1 is 0.787 bits per heavy atom. The predicted molar refractivity (Wildman–Crippen MR) is 188 cm³/mol. The molecule has 0 radical (unpaired) electrons. The summed E-state index contributed by atoms with van der Waals surface area (Å²) in [5, 5.41) is 7.06. The van der Waals surface area contributed by atoms with Crippen molar-refractivity contribution in [2.24, 2.45) is 0 Å². The van der Waals surface area contributed by atoms with Crippen molar-refractivity contribution in [1.29, 1.82) is 0 Å². The van der Waals surface area contributed by atoms with Gasteiger partial charge in [-0.25, -0.2) is 4.98 Å². The van der Waals surface area contributed by atoms with Crippen LogP contribution in [0.2, 0.25) is 0 Å². The summed E-state index contributed by atoms with van der Waals surface area (Å²) in [5.74, 6) is 2.42. The van der Waals surface area contributed by atoms with Crippen LogP contribution in [0, 0.1) is 12.1 Å². The fourth-order valence-electron chi connectivity index (χ4n) is 6.35. The van der Waals surface area contributed by atoms with Crippen LogP contribution in [0.25, 0.3) is 44.4 Å². The van der Waals surface area contributed by atoms with Gasteiger partial charge in [0.2, 0.25) is 0 Å². The molecule has 0 unspecified atom stereocenters. The number of benzene rings is 4. The summed E-state index contributed by atoms with van der Waals surface area (Å²) < 4.78 is 10.6. The number of ether oxygens (including phenoxy) is 1. The molecule has 5 nitrogen and oxygen atoms in total. The first-order valence-corrected chi connectivity index (χ1v) is 16.3. The van der Waals surface area contributed by atoms with Gasteiger partial charge in [0.1, 0.15) is 5.82 Å². The molecule has 7 aromatic rings. The number of fused-ring (bicyclic) bond motifs is 3.